The number of aromatic nitrogens is 1. The Morgan fingerprint density at radius 1 is 1.40 bits per heavy atom. The van der Waals surface area contributed by atoms with E-state index >= 15 is 0 Å². The Labute approximate surface area is 117 Å². The maximum absolute atomic E-state index is 12.6. The van der Waals surface area contributed by atoms with E-state index in [9.17, 15) is 9.59 Å². The van der Waals surface area contributed by atoms with E-state index in [-0.39, 0.29) is 23.9 Å². The van der Waals surface area contributed by atoms with Crippen molar-refractivity contribution in [3.8, 4) is 0 Å². The van der Waals surface area contributed by atoms with Crippen LogP contribution < -0.4 is 5.32 Å². The summed E-state index contributed by atoms with van der Waals surface area (Å²) in [6, 6.07) is 0.190. The molecule has 2 amide bonds. The van der Waals surface area contributed by atoms with Crippen molar-refractivity contribution in [1.82, 2.24) is 15.4 Å². The van der Waals surface area contributed by atoms with Gasteiger partial charge in [0.05, 0.1) is 12.1 Å². The first-order valence-electron chi connectivity index (χ1n) is 7.06. The number of carbonyl (C=O) groups is 2. The van der Waals surface area contributed by atoms with Crippen LogP contribution in [0.2, 0.25) is 0 Å². The zero-order valence-electron chi connectivity index (χ0n) is 11.8. The van der Waals surface area contributed by atoms with E-state index in [1.54, 1.807) is 0 Å². The summed E-state index contributed by atoms with van der Waals surface area (Å²) in [5, 5.41) is 6.77. The van der Waals surface area contributed by atoms with Gasteiger partial charge in [0.2, 0.25) is 11.8 Å². The fourth-order valence-electron chi connectivity index (χ4n) is 3.28. The van der Waals surface area contributed by atoms with Crippen LogP contribution in [0.1, 0.15) is 36.3 Å². The molecule has 6 heteroatoms. The highest BCUT2D eigenvalue weighted by atomic mass is 16.5. The average molecular weight is 277 g/mol. The van der Waals surface area contributed by atoms with E-state index in [1.807, 2.05) is 18.7 Å². The third-order valence-corrected chi connectivity index (χ3v) is 4.37. The molecule has 0 aliphatic carbocycles. The Morgan fingerprint density at radius 2 is 2.15 bits per heavy atom. The largest absolute Gasteiger partial charge is 0.361 e. The minimum Gasteiger partial charge on any atom is -0.361 e. The molecule has 0 aromatic carbocycles. The molecule has 0 spiro atoms. The Kier molecular flexibility index (Phi) is 3.23. The first-order chi connectivity index (χ1) is 9.56. The predicted molar refractivity (Wildman–Crippen MR) is 71.0 cm³/mol. The molecule has 20 heavy (non-hydrogen) atoms. The van der Waals surface area contributed by atoms with Crippen molar-refractivity contribution in [3.05, 3.63) is 17.0 Å². The Hall–Kier alpha value is -1.85. The van der Waals surface area contributed by atoms with Crippen molar-refractivity contribution < 1.29 is 14.1 Å². The lowest BCUT2D eigenvalue weighted by atomic mass is 10.1. The van der Waals surface area contributed by atoms with Gasteiger partial charge in [-0.05, 0) is 26.7 Å². The van der Waals surface area contributed by atoms with E-state index in [4.69, 9.17) is 4.52 Å². The second-order valence-electron chi connectivity index (χ2n) is 5.67. The van der Waals surface area contributed by atoms with Crippen LogP contribution in [0.3, 0.4) is 0 Å². The quantitative estimate of drug-likeness (QED) is 0.864. The third-order valence-electron chi connectivity index (χ3n) is 4.37. The van der Waals surface area contributed by atoms with Gasteiger partial charge in [0.25, 0.3) is 0 Å². The standard InChI is InChI=1S/C14H19N3O3/c1-8-12(9(2)20-16-8)6-14(19)17-10-3-4-11(17)7-15-13(18)5-10/h10-11H,3-7H2,1-2H3,(H,15,18)/t10-,11+/m0/s1. The summed E-state index contributed by atoms with van der Waals surface area (Å²) in [4.78, 5) is 26.1. The summed E-state index contributed by atoms with van der Waals surface area (Å²) >= 11 is 0. The molecule has 1 aromatic heterocycles. The zero-order chi connectivity index (χ0) is 14.3. The molecule has 1 N–H and O–H groups in total. The molecule has 2 bridgehead atoms. The molecule has 1 aromatic rings. The summed E-state index contributed by atoms with van der Waals surface area (Å²) in [6.45, 7) is 4.24. The lowest BCUT2D eigenvalue weighted by Crippen LogP contribution is -2.43. The van der Waals surface area contributed by atoms with Gasteiger partial charge < -0.3 is 14.7 Å². The Balaban J connectivity index is 1.78. The molecule has 0 saturated carbocycles. The highest BCUT2D eigenvalue weighted by Crippen LogP contribution is 2.29. The van der Waals surface area contributed by atoms with Crippen LogP contribution in [-0.4, -0.2) is 40.5 Å². The lowest BCUT2D eigenvalue weighted by Gasteiger charge is -2.27. The average Bonchev–Trinajstić information content (AvgIpc) is 2.87. The van der Waals surface area contributed by atoms with Gasteiger partial charge in [0.15, 0.2) is 0 Å². The van der Waals surface area contributed by atoms with Crippen molar-refractivity contribution in [1.29, 1.82) is 0 Å². The third kappa shape index (κ3) is 2.19. The van der Waals surface area contributed by atoms with Gasteiger partial charge in [0, 0.05) is 30.6 Å². The minimum absolute atomic E-state index is 0.0485. The molecule has 108 valence electrons. The topological polar surface area (TPSA) is 75.4 Å². The van der Waals surface area contributed by atoms with Crippen LogP contribution in [0.25, 0.3) is 0 Å². The van der Waals surface area contributed by atoms with Crippen LogP contribution >= 0.6 is 0 Å². The number of fused-ring (bicyclic) bond motifs is 2. The van der Waals surface area contributed by atoms with E-state index in [0.29, 0.717) is 25.1 Å². The summed E-state index contributed by atoms with van der Waals surface area (Å²) in [7, 11) is 0. The monoisotopic (exact) mass is 277 g/mol. The maximum atomic E-state index is 12.6. The van der Waals surface area contributed by atoms with E-state index in [2.05, 4.69) is 10.5 Å². The highest BCUT2D eigenvalue weighted by Gasteiger charge is 2.40. The number of nitrogens with zero attached hydrogens (tertiary/aromatic N) is 2. The first kappa shape index (κ1) is 13.1. The van der Waals surface area contributed by atoms with Crippen molar-refractivity contribution in [3.63, 3.8) is 0 Å². The SMILES string of the molecule is Cc1noc(C)c1CC(=O)N1[C@@H]2CC[C@H]1CC(=O)NC2. The molecule has 3 heterocycles. The number of hydrogen-bond acceptors (Lipinski definition) is 4. The first-order valence-corrected chi connectivity index (χ1v) is 7.06. The van der Waals surface area contributed by atoms with Crippen molar-refractivity contribution in [2.75, 3.05) is 6.54 Å². The molecule has 6 nitrogen and oxygen atoms in total. The van der Waals surface area contributed by atoms with Gasteiger partial charge in [-0.2, -0.15) is 0 Å². The van der Waals surface area contributed by atoms with E-state index in [1.165, 1.54) is 0 Å². The number of aryl methyl sites for hydroxylation is 2. The molecule has 2 aliphatic heterocycles. The second kappa shape index (κ2) is 4.92. The Morgan fingerprint density at radius 3 is 2.85 bits per heavy atom. The molecule has 3 rings (SSSR count). The van der Waals surface area contributed by atoms with Crippen LogP contribution in [0, 0.1) is 13.8 Å². The number of rotatable bonds is 2. The predicted octanol–water partition coefficient (Wildman–Crippen LogP) is 0.713. The van der Waals surface area contributed by atoms with Gasteiger partial charge in [0.1, 0.15) is 5.76 Å². The normalized spacial score (nSPS) is 25.5. The number of hydrogen-bond donors (Lipinski definition) is 1. The van der Waals surface area contributed by atoms with Gasteiger partial charge in [-0.3, -0.25) is 9.59 Å². The second-order valence-corrected chi connectivity index (χ2v) is 5.67. The number of carbonyl (C=O) groups excluding carboxylic acids is 2. The van der Waals surface area contributed by atoms with Crippen LogP contribution in [0.4, 0.5) is 0 Å². The molecule has 2 aliphatic rings. The summed E-state index contributed by atoms with van der Waals surface area (Å²) in [5.74, 6) is 0.822. The summed E-state index contributed by atoms with van der Waals surface area (Å²) in [6.07, 6.45) is 2.62. The molecule has 0 radical (unpaired) electrons. The van der Waals surface area contributed by atoms with Crippen LogP contribution in [0.15, 0.2) is 4.52 Å². The van der Waals surface area contributed by atoms with Gasteiger partial charge in [-0.15, -0.1) is 0 Å². The fourth-order valence-corrected chi connectivity index (χ4v) is 3.28. The highest BCUT2D eigenvalue weighted by molar-refractivity contribution is 5.83. The molecule has 0 unspecified atom stereocenters. The fraction of sp³-hybridized carbons (Fsp3) is 0.643. The zero-order valence-corrected chi connectivity index (χ0v) is 11.8. The van der Waals surface area contributed by atoms with Crippen molar-refractivity contribution in [2.24, 2.45) is 0 Å². The molecular formula is C14H19N3O3. The lowest BCUT2D eigenvalue weighted by molar-refractivity contribution is -0.133. The number of amides is 2. The van der Waals surface area contributed by atoms with Gasteiger partial charge >= 0.3 is 0 Å². The minimum atomic E-state index is 0.0485. The van der Waals surface area contributed by atoms with Gasteiger partial charge in [-0.1, -0.05) is 5.16 Å². The van der Waals surface area contributed by atoms with E-state index < -0.39 is 0 Å². The molecule has 2 saturated heterocycles. The maximum Gasteiger partial charge on any atom is 0.227 e. The van der Waals surface area contributed by atoms with Crippen LogP contribution in [0.5, 0.6) is 0 Å². The molecular weight excluding hydrogens is 258 g/mol. The van der Waals surface area contributed by atoms with Crippen molar-refractivity contribution in [2.45, 2.75) is 51.6 Å². The Bertz CT molecular complexity index is 532. The van der Waals surface area contributed by atoms with E-state index in [0.717, 1.165) is 24.1 Å². The van der Waals surface area contributed by atoms with Crippen LogP contribution in [-0.2, 0) is 16.0 Å². The van der Waals surface area contributed by atoms with Gasteiger partial charge in [-0.25, -0.2) is 0 Å². The van der Waals surface area contributed by atoms with Crippen molar-refractivity contribution >= 4 is 11.8 Å². The summed E-state index contributed by atoms with van der Waals surface area (Å²) < 4.78 is 5.11. The molecule has 2 fully saturated rings. The number of nitrogens with one attached hydrogen (secondary N) is 1. The smallest absolute Gasteiger partial charge is 0.227 e. The summed E-state index contributed by atoms with van der Waals surface area (Å²) in [5.41, 5.74) is 1.64. The molecule has 2 atom stereocenters.